The first-order valence-corrected chi connectivity index (χ1v) is 8.11. The van der Waals surface area contributed by atoms with Gasteiger partial charge in [0, 0.05) is 0 Å². The lowest BCUT2D eigenvalue weighted by Crippen LogP contribution is -2.22. The van der Waals surface area contributed by atoms with Crippen molar-refractivity contribution in [2.24, 2.45) is 5.14 Å². The van der Waals surface area contributed by atoms with E-state index in [0.29, 0.717) is 0 Å². The van der Waals surface area contributed by atoms with Gasteiger partial charge in [-0.25, -0.2) is 13.6 Å². The molecule has 0 heterocycles. The van der Waals surface area contributed by atoms with Gasteiger partial charge in [-0.2, -0.15) is 0 Å². The lowest BCUT2D eigenvalue weighted by atomic mass is 9.85. The van der Waals surface area contributed by atoms with Crippen LogP contribution >= 0.6 is 0 Å². The van der Waals surface area contributed by atoms with Crippen LogP contribution in [0.1, 0.15) is 38.8 Å². The summed E-state index contributed by atoms with van der Waals surface area (Å²) in [5.74, 6) is 0.555. The molecule has 1 aromatic carbocycles. The Morgan fingerprint density at radius 1 is 1.26 bits per heavy atom. The molecule has 0 atom stereocenters. The molecule has 5 heteroatoms. The van der Waals surface area contributed by atoms with Gasteiger partial charge in [0.25, 0.3) is 0 Å². The second-order valence-corrected chi connectivity index (χ2v) is 7.38. The summed E-state index contributed by atoms with van der Waals surface area (Å²) in [7, 11) is -3.48. The largest absolute Gasteiger partial charge is 0.492 e. The van der Waals surface area contributed by atoms with Crippen molar-refractivity contribution in [1.29, 1.82) is 0 Å². The normalized spacial score (nSPS) is 12.5. The van der Waals surface area contributed by atoms with Crippen molar-refractivity contribution in [3.63, 3.8) is 0 Å². The van der Waals surface area contributed by atoms with Crippen LogP contribution in [0.3, 0.4) is 0 Å². The van der Waals surface area contributed by atoms with E-state index in [2.05, 4.69) is 33.8 Å². The molecule has 0 aliphatic carbocycles. The van der Waals surface area contributed by atoms with E-state index in [9.17, 15) is 8.42 Å². The van der Waals surface area contributed by atoms with Crippen molar-refractivity contribution in [2.75, 3.05) is 12.4 Å². The maximum atomic E-state index is 10.9. The standard InChI is InChI=1S/C14H23NO3S/c1-5-11-6-7-13(12(10-11)14(2,3)4)18-8-9-19(15,16)17/h6-7,10H,5,8-9H2,1-4H3,(H2,15,16,17). The highest BCUT2D eigenvalue weighted by molar-refractivity contribution is 7.89. The first-order valence-electron chi connectivity index (χ1n) is 6.40. The van der Waals surface area contributed by atoms with Crippen molar-refractivity contribution < 1.29 is 13.2 Å². The Morgan fingerprint density at radius 2 is 1.89 bits per heavy atom. The zero-order valence-corrected chi connectivity index (χ0v) is 12.9. The first-order chi connectivity index (χ1) is 8.63. The Hall–Kier alpha value is -1.07. The van der Waals surface area contributed by atoms with Gasteiger partial charge in [-0.05, 0) is 29.0 Å². The van der Waals surface area contributed by atoms with Gasteiger partial charge in [0.1, 0.15) is 12.4 Å². The molecule has 0 saturated heterocycles. The second-order valence-electron chi connectivity index (χ2n) is 5.65. The molecule has 0 aromatic heterocycles. The topological polar surface area (TPSA) is 69.4 Å². The molecule has 108 valence electrons. The molecular weight excluding hydrogens is 262 g/mol. The highest BCUT2D eigenvalue weighted by Crippen LogP contribution is 2.32. The molecule has 0 amide bonds. The SMILES string of the molecule is CCc1ccc(OCCS(N)(=O)=O)c(C(C)(C)C)c1. The van der Waals surface area contributed by atoms with Crippen LogP contribution < -0.4 is 9.88 Å². The lowest BCUT2D eigenvalue weighted by Gasteiger charge is -2.23. The fourth-order valence-corrected chi connectivity index (χ4v) is 2.09. The van der Waals surface area contributed by atoms with Gasteiger partial charge in [-0.1, -0.05) is 39.8 Å². The van der Waals surface area contributed by atoms with E-state index in [1.807, 2.05) is 12.1 Å². The Kier molecular flexibility index (Phi) is 4.98. The third-order valence-electron chi connectivity index (χ3n) is 2.89. The van der Waals surface area contributed by atoms with E-state index >= 15 is 0 Å². The predicted molar refractivity (Wildman–Crippen MR) is 78.0 cm³/mol. The van der Waals surface area contributed by atoms with Gasteiger partial charge >= 0.3 is 0 Å². The number of rotatable bonds is 5. The maximum Gasteiger partial charge on any atom is 0.212 e. The third kappa shape index (κ3) is 5.20. The predicted octanol–water partition coefficient (Wildman–Crippen LogP) is 2.21. The van der Waals surface area contributed by atoms with E-state index in [0.717, 1.165) is 17.7 Å². The van der Waals surface area contributed by atoms with E-state index in [1.165, 1.54) is 5.56 Å². The highest BCUT2D eigenvalue weighted by atomic mass is 32.2. The molecule has 0 fully saturated rings. The molecule has 0 bridgehead atoms. The number of hydrogen-bond acceptors (Lipinski definition) is 3. The quantitative estimate of drug-likeness (QED) is 0.901. The summed E-state index contributed by atoms with van der Waals surface area (Å²) in [4.78, 5) is 0. The van der Waals surface area contributed by atoms with Gasteiger partial charge in [-0.15, -0.1) is 0 Å². The molecule has 0 unspecified atom stereocenters. The zero-order valence-electron chi connectivity index (χ0n) is 12.1. The summed E-state index contributed by atoms with van der Waals surface area (Å²) in [6.07, 6.45) is 0.959. The van der Waals surface area contributed by atoms with E-state index in [-0.39, 0.29) is 17.8 Å². The molecule has 0 aliphatic heterocycles. The van der Waals surface area contributed by atoms with Crippen LogP contribution in [0.25, 0.3) is 0 Å². The molecule has 0 radical (unpaired) electrons. The second kappa shape index (κ2) is 5.92. The Labute approximate surface area is 116 Å². The number of nitrogens with two attached hydrogens (primary N) is 1. The summed E-state index contributed by atoms with van der Waals surface area (Å²) in [5.41, 5.74) is 2.27. The van der Waals surface area contributed by atoms with Gasteiger partial charge in [-0.3, -0.25) is 0 Å². The number of sulfonamides is 1. The lowest BCUT2D eigenvalue weighted by molar-refractivity contribution is 0.330. The number of benzene rings is 1. The summed E-state index contributed by atoms with van der Waals surface area (Å²) in [6, 6.07) is 6.02. The minimum atomic E-state index is -3.48. The molecule has 0 saturated carbocycles. The summed E-state index contributed by atoms with van der Waals surface area (Å²) in [6.45, 7) is 8.49. The monoisotopic (exact) mass is 285 g/mol. The number of primary sulfonamides is 1. The third-order valence-corrected chi connectivity index (χ3v) is 3.62. The Balaban J connectivity index is 2.94. The maximum absolute atomic E-state index is 10.9. The molecule has 1 rings (SSSR count). The molecule has 2 N–H and O–H groups in total. The van der Waals surface area contributed by atoms with Crippen molar-refractivity contribution in [2.45, 2.75) is 39.5 Å². The summed E-state index contributed by atoms with van der Waals surface area (Å²) >= 11 is 0. The molecule has 0 spiro atoms. The molecule has 1 aromatic rings. The molecule has 0 aliphatic rings. The van der Waals surface area contributed by atoms with Crippen LogP contribution in [-0.4, -0.2) is 20.8 Å². The minimum absolute atomic E-state index is 0.0535. The number of hydrogen-bond donors (Lipinski definition) is 1. The molecular formula is C14H23NO3S. The zero-order chi connectivity index (χ0) is 14.7. The minimum Gasteiger partial charge on any atom is -0.492 e. The van der Waals surface area contributed by atoms with E-state index in [4.69, 9.17) is 9.88 Å². The van der Waals surface area contributed by atoms with Gasteiger partial charge in [0.05, 0.1) is 5.75 Å². The molecule has 4 nitrogen and oxygen atoms in total. The number of ether oxygens (including phenoxy) is 1. The van der Waals surface area contributed by atoms with Gasteiger partial charge < -0.3 is 4.74 Å². The van der Waals surface area contributed by atoms with Crippen LogP contribution in [-0.2, 0) is 21.9 Å². The first kappa shape index (κ1) is 16.0. The molecule has 19 heavy (non-hydrogen) atoms. The fourth-order valence-electron chi connectivity index (χ4n) is 1.78. The smallest absolute Gasteiger partial charge is 0.212 e. The van der Waals surface area contributed by atoms with Crippen LogP contribution in [0.5, 0.6) is 5.75 Å². The van der Waals surface area contributed by atoms with Gasteiger partial charge in [0.2, 0.25) is 10.0 Å². The Bertz CT molecular complexity index is 530. The summed E-state index contributed by atoms with van der Waals surface area (Å²) in [5, 5.41) is 4.96. The summed E-state index contributed by atoms with van der Waals surface area (Å²) < 4.78 is 27.4. The number of aryl methyl sites for hydroxylation is 1. The fraction of sp³-hybridized carbons (Fsp3) is 0.571. The average Bonchev–Trinajstić information content (AvgIpc) is 2.26. The van der Waals surface area contributed by atoms with Crippen molar-refractivity contribution >= 4 is 10.0 Å². The van der Waals surface area contributed by atoms with Crippen LogP contribution in [0.4, 0.5) is 0 Å². The van der Waals surface area contributed by atoms with E-state index in [1.54, 1.807) is 0 Å². The highest BCUT2D eigenvalue weighted by Gasteiger charge is 2.19. The van der Waals surface area contributed by atoms with Crippen LogP contribution in [0.2, 0.25) is 0 Å². The van der Waals surface area contributed by atoms with E-state index < -0.39 is 10.0 Å². The van der Waals surface area contributed by atoms with Crippen LogP contribution in [0.15, 0.2) is 18.2 Å². The van der Waals surface area contributed by atoms with Crippen molar-refractivity contribution in [3.8, 4) is 5.75 Å². The van der Waals surface area contributed by atoms with Gasteiger partial charge in [0.15, 0.2) is 0 Å². The van der Waals surface area contributed by atoms with Crippen molar-refractivity contribution in [1.82, 2.24) is 0 Å². The van der Waals surface area contributed by atoms with Crippen molar-refractivity contribution in [3.05, 3.63) is 29.3 Å². The van der Waals surface area contributed by atoms with Crippen LogP contribution in [0, 0.1) is 0 Å². The average molecular weight is 285 g/mol. The Morgan fingerprint density at radius 3 is 2.37 bits per heavy atom.